The Morgan fingerprint density at radius 1 is 1.25 bits per heavy atom. The number of hydrogen-bond donors (Lipinski definition) is 1. The van der Waals surface area contributed by atoms with Crippen molar-refractivity contribution in [3.63, 3.8) is 0 Å². The molecule has 0 atom stereocenters. The van der Waals surface area contributed by atoms with E-state index >= 15 is 0 Å². The number of rotatable bonds is 5. The van der Waals surface area contributed by atoms with Crippen LogP contribution in [0.25, 0.3) is 0 Å². The van der Waals surface area contributed by atoms with E-state index in [0.29, 0.717) is 17.5 Å². The molecule has 0 aromatic heterocycles. The highest BCUT2D eigenvalue weighted by Gasteiger charge is 2.12. The minimum Gasteiger partial charge on any atom is -0.211 e. The van der Waals surface area contributed by atoms with Crippen molar-refractivity contribution in [1.82, 2.24) is 4.72 Å². The average Bonchev–Trinajstić information content (AvgIpc) is 2.17. The fraction of sp³-hybridized carbons (Fsp3) is 0.455. The lowest BCUT2D eigenvalue weighted by molar-refractivity contribution is 0.551. The molecule has 0 radical (unpaired) electrons. The van der Waals surface area contributed by atoms with Crippen molar-refractivity contribution in [3.05, 3.63) is 29.3 Å². The largest absolute Gasteiger partial charge is 0.240 e. The van der Waals surface area contributed by atoms with E-state index in [1.165, 1.54) is 12.1 Å². The summed E-state index contributed by atoms with van der Waals surface area (Å²) in [6.07, 6.45) is 0.826. The minimum absolute atomic E-state index is 0.251. The maximum absolute atomic E-state index is 11.8. The molecule has 0 spiro atoms. The highest BCUT2D eigenvalue weighted by Crippen LogP contribution is 2.13. The van der Waals surface area contributed by atoms with Crippen LogP contribution in [0.5, 0.6) is 0 Å². The van der Waals surface area contributed by atoms with Gasteiger partial charge in [-0.3, -0.25) is 0 Å². The summed E-state index contributed by atoms with van der Waals surface area (Å²) in [6.45, 7) is 4.57. The van der Waals surface area contributed by atoms with Gasteiger partial charge in [0.15, 0.2) is 0 Å². The van der Waals surface area contributed by atoms with Crippen LogP contribution in [0.3, 0.4) is 0 Å². The molecule has 0 saturated heterocycles. The zero-order valence-electron chi connectivity index (χ0n) is 9.40. The van der Waals surface area contributed by atoms with Crippen LogP contribution >= 0.6 is 11.6 Å². The highest BCUT2D eigenvalue weighted by atomic mass is 35.5. The predicted octanol–water partition coefficient (Wildman–Crippen LogP) is 2.66. The number of benzene rings is 1. The van der Waals surface area contributed by atoms with E-state index in [-0.39, 0.29) is 4.90 Å². The molecule has 1 rings (SSSR count). The van der Waals surface area contributed by atoms with Gasteiger partial charge < -0.3 is 0 Å². The summed E-state index contributed by atoms with van der Waals surface area (Å²) in [6, 6.07) is 6.14. The van der Waals surface area contributed by atoms with Crippen molar-refractivity contribution in [1.29, 1.82) is 0 Å². The van der Waals surface area contributed by atoms with Crippen LogP contribution in [0.1, 0.15) is 20.3 Å². The number of hydrogen-bond acceptors (Lipinski definition) is 2. The van der Waals surface area contributed by atoms with Crippen LogP contribution in [0.15, 0.2) is 29.2 Å². The number of nitrogens with one attached hydrogen (secondary N) is 1. The molecule has 0 saturated carbocycles. The maximum atomic E-state index is 11.8. The molecule has 1 N–H and O–H groups in total. The van der Waals surface area contributed by atoms with E-state index in [1.54, 1.807) is 12.1 Å². The average molecular weight is 262 g/mol. The molecule has 1 aromatic rings. The summed E-state index contributed by atoms with van der Waals surface area (Å²) in [7, 11) is -3.38. The van der Waals surface area contributed by atoms with Crippen LogP contribution in [-0.2, 0) is 10.0 Å². The summed E-state index contributed by atoms with van der Waals surface area (Å²) in [5.74, 6) is 0.480. The Labute approximate surface area is 102 Å². The summed E-state index contributed by atoms with van der Waals surface area (Å²) in [5, 5.41) is 0.529. The Kier molecular flexibility index (Phi) is 4.77. The second-order valence-corrected chi connectivity index (χ2v) is 6.24. The Hall–Kier alpha value is -0.580. The zero-order chi connectivity index (χ0) is 12.2. The lowest BCUT2D eigenvalue weighted by atomic mass is 10.1. The van der Waals surface area contributed by atoms with Gasteiger partial charge in [0.05, 0.1) is 4.90 Å². The highest BCUT2D eigenvalue weighted by molar-refractivity contribution is 7.89. The molecular formula is C11H16ClNO2S. The fourth-order valence-electron chi connectivity index (χ4n) is 1.18. The van der Waals surface area contributed by atoms with Crippen molar-refractivity contribution in [2.75, 3.05) is 6.54 Å². The van der Waals surface area contributed by atoms with Crippen LogP contribution in [-0.4, -0.2) is 15.0 Å². The minimum atomic E-state index is -3.38. The summed E-state index contributed by atoms with van der Waals surface area (Å²) < 4.78 is 26.1. The predicted molar refractivity (Wildman–Crippen MR) is 66.1 cm³/mol. The van der Waals surface area contributed by atoms with Crippen molar-refractivity contribution in [2.24, 2.45) is 5.92 Å². The van der Waals surface area contributed by atoms with Gasteiger partial charge in [0.1, 0.15) is 0 Å². The molecule has 0 heterocycles. The Morgan fingerprint density at radius 3 is 2.31 bits per heavy atom. The standard InChI is InChI=1S/C11H16ClNO2S/c1-9(2)7-8-13-16(14,15)11-5-3-10(12)4-6-11/h3-6,9,13H,7-8H2,1-2H3. The molecule has 0 aliphatic carbocycles. The monoisotopic (exact) mass is 261 g/mol. The first kappa shape index (κ1) is 13.5. The van der Waals surface area contributed by atoms with Gasteiger partial charge in [0.2, 0.25) is 10.0 Å². The van der Waals surface area contributed by atoms with Crippen molar-refractivity contribution in [2.45, 2.75) is 25.2 Å². The van der Waals surface area contributed by atoms with Crippen molar-refractivity contribution >= 4 is 21.6 Å². The van der Waals surface area contributed by atoms with E-state index in [9.17, 15) is 8.42 Å². The summed E-state index contributed by atoms with van der Waals surface area (Å²) in [5.41, 5.74) is 0. The third-order valence-corrected chi connectivity index (χ3v) is 3.87. The van der Waals surface area contributed by atoms with Gasteiger partial charge in [-0.1, -0.05) is 25.4 Å². The molecule has 5 heteroatoms. The fourth-order valence-corrected chi connectivity index (χ4v) is 2.35. The topological polar surface area (TPSA) is 46.2 Å². The van der Waals surface area contributed by atoms with E-state index in [1.807, 2.05) is 0 Å². The van der Waals surface area contributed by atoms with E-state index in [4.69, 9.17) is 11.6 Å². The van der Waals surface area contributed by atoms with Crippen LogP contribution in [0.4, 0.5) is 0 Å². The van der Waals surface area contributed by atoms with Crippen LogP contribution in [0, 0.1) is 5.92 Å². The number of sulfonamides is 1. The van der Waals surface area contributed by atoms with Gasteiger partial charge in [-0.15, -0.1) is 0 Å². The lowest BCUT2D eigenvalue weighted by Gasteiger charge is -2.08. The van der Waals surface area contributed by atoms with Gasteiger partial charge in [0.25, 0.3) is 0 Å². The smallest absolute Gasteiger partial charge is 0.211 e. The molecule has 0 aliphatic heterocycles. The normalized spacial score (nSPS) is 12.0. The maximum Gasteiger partial charge on any atom is 0.240 e. The molecular weight excluding hydrogens is 246 g/mol. The summed E-state index contributed by atoms with van der Waals surface area (Å²) >= 11 is 5.69. The third-order valence-electron chi connectivity index (χ3n) is 2.14. The van der Waals surface area contributed by atoms with Crippen LogP contribution < -0.4 is 4.72 Å². The van der Waals surface area contributed by atoms with Gasteiger partial charge >= 0.3 is 0 Å². The molecule has 0 fully saturated rings. The van der Waals surface area contributed by atoms with Gasteiger partial charge in [-0.2, -0.15) is 0 Å². The first-order valence-corrected chi connectivity index (χ1v) is 7.03. The van der Waals surface area contributed by atoms with Gasteiger partial charge in [-0.25, -0.2) is 13.1 Å². The van der Waals surface area contributed by atoms with E-state index in [0.717, 1.165) is 6.42 Å². The van der Waals surface area contributed by atoms with Gasteiger partial charge in [0, 0.05) is 11.6 Å². The Bertz CT molecular complexity index is 426. The SMILES string of the molecule is CC(C)CCNS(=O)(=O)c1ccc(Cl)cc1. The zero-order valence-corrected chi connectivity index (χ0v) is 11.0. The molecule has 0 bridgehead atoms. The third kappa shape index (κ3) is 4.12. The molecule has 1 aromatic carbocycles. The molecule has 16 heavy (non-hydrogen) atoms. The summed E-state index contributed by atoms with van der Waals surface area (Å²) in [4.78, 5) is 0.251. The van der Waals surface area contributed by atoms with E-state index < -0.39 is 10.0 Å². The quantitative estimate of drug-likeness (QED) is 0.886. The van der Waals surface area contributed by atoms with Crippen LogP contribution in [0.2, 0.25) is 5.02 Å². The number of halogens is 1. The van der Waals surface area contributed by atoms with Crippen molar-refractivity contribution < 1.29 is 8.42 Å². The van der Waals surface area contributed by atoms with Crippen molar-refractivity contribution in [3.8, 4) is 0 Å². The first-order valence-electron chi connectivity index (χ1n) is 5.17. The van der Waals surface area contributed by atoms with Gasteiger partial charge in [-0.05, 0) is 36.6 Å². The lowest BCUT2D eigenvalue weighted by Crippen LogP contribution is -2.25. The van der Waals surface area contributed by atoms with E-state index in [2.05, 4.69) is 18.6 Å². The first-order chi connectivity index (χ1) is 7.42. The Morgan fingerprint density at radius 2 is 1.81 bits per heavy atom. The second kappa shape index (κ2) is 5.66. The second-order valence-electron chi connectivity index (χ2n) is 4.03. The molecule has 0 aliphatic rings. The molecule has 3 nitrogen and oxygen atoms in total. The molecule has 0 unspecified atom stereocenters. The Balaban J connectivity index is 2.67. The molecule has 0 amide bonds. The molecule has 90 valence electrons.